The van der Waals surface area contributed by atoms with Gasteiger partial charge in [-0.25, -0.2) is 4.39 Å². The van der Waals surface area contributed by atoms with Crippen LogP contribution in [-0.4, -0.2) is 84.0 Å². The van der Waals surface area contributed by atoms with Gasteiger partial charge in [0.25, 0.3) is 0 Å². The Morgan fingerprint density at radius 3 is 2.50 bits per heavy atom. The average molecular weight is 418 g/mol. The van der Waals surface area contributed by atoms with E-state index in [0.29, 0.717) is 19.1 Å². The molecule has 3 fully saturated rings. The number of carbonyl (C=O) groups excluding carboxylic acids is 2. The van der Waals surface area contributed by atoms with E-state index in [1.54, 1.807) is 19.1 Å². The average Bonchev–Trinajstić information content (AvgIpc) is 2.74. The Kier molecular flexibility index (Phi) is 6.39. The molecule has 1 spiro atoms. The minimum absolute atomic E-state index is 0.0585. The number of rotatable bonds is 3. The van der Waals surface area contributed by atoms with Crippen molar-refractivity contribution in [2.75, 3.05) is 45.9 Å². The summed E-state index contributed by atoms with van der Waals surface area (Å²) in [6.07, 6.45) is 3.98. The van der Waals surface area contributed by atoms with Crippen molar-refractivity contribution in [2.24, 2.45) is 0 Å². The van der Waals surface area contributed by atoms with Gasteiger partial charge in [0.1, 0.15) is 5.82 Å². The standard InChI is InChI=1S/C23H32FN3O3/c1-18(28)25-10-12-26(13-11-25)21-5-14-30-23(17-21)6-8-27(9-7-23)22(29)16-19-3-2-4-20(24)15-19/h2-4,15,21H,5-14,16-17H2,1H3/t21-/m0/s1. The number of piperazine rings is 1. The minimum atomic E-state index is -0.302. The number of ether oxygens (including phenoxy) is 1. The molecule has 7 heteroatoms. The summed E-state index contributed by atoms with van der Waals surface area (Å²) in [5, 5.41) is 0. The van der Waals surface area contributed by atoms with Gasteiger partial charge in [0.05, 0.1) is 12.0 Å². The van der Waals surface area contributed by atoms with Crippen LogP contribution in [0.5, 0.6) is 0 Å². The van der Waals surface area contributed by atoms with Gasteiger partial charge < -0.3 is 14.5 Å². The van der Waals surface area contributed by atoms with Crippen LogP contribution in [0.25, 0.3) is 0 Å². The fourth-order valence-corrected chi connectivity index (χ4v) is 5.16. The van der Waals surface area contributed by atoms with Crippen LogP contribution in [0.3, 0.4) is 0 Å². The van der Waals surface area contributed by atoms with Crippen LogP contribution in [-0.2, 0) is 20.7 Å². The third-order valence-electron chi connectivity index (χ3n) is 7.01. The molecular weight excluding hydrogens is 385 g/mol. The van der Waals surface area contributed by atoms with E-state index in [4.69, 9.17) is 4.74 Å². The van der Waals surface area contributed by atoms with Crippen LogP contribution in [0.2, 0.25) is 0 Å². The maximum Gasteiger partial charge on any atom is 0.226 e. The van der Waals surface area contributed by atoms with Crippen LogP contribution >= 0.6 is 0 Å². The number of hydrogen-bond acceptors (Lipinski definition) is 4. The third-order valence-corrected chi connectivity index (χ3v) is 7.01. The molecular formula is C23H32FN3O3. The van der Waals surface area contributed by atoms with Gasteiger partial charge in [-0.3, -0.25) is 14.5 Å². The molecule has 4 rings (SSSR count). The van der Waals surface area contributed by atoms with E-state index < -0.39 is 0 Å². The second-order valence-electron chi connectivity index (χ2n) is 8.91. The second-order valence-corrected chi connectivity index (χ2v) is 8.91. The molecule has 0 radical (unpaired) electrons. The van der Waals surface area contributed by atoms with Gasteiger partial charge in [-0.05, 0) is 43.4 Å². The monoisotopic (exact) mass is 417 g/mol. The van der Waals surface area contributed by atoms with E-state index >= 15 is 0 Å². The lowest BCUT2D eigenvalue weighted by Crippen LogP contribution is -2.57. The van der Waals surface area contributed by atoms with Gasteiger partial charge in [0, 0.05) is 58.8 Å². The molecule has 30 heavy (non-hydrogen) atoms. The van der Waals surface area contributed by atoms with E-state index in [1.165, 1.54) is 12.1 Å². The Morgan fingerprint density at radius 2 is 1.83 bits per heavy atom. The van der Waals surface area contributed by atoms with Crippen LogP contribution < -0.4 is 0 Å². The first-order valence-corrected chi connectivity index (χ1v) is 11.1. The third kappa shape index (κ3) is 4.83. The fourth-order valence-electron chi connectivity index (χ4n) is 5.16. The molecule has 3 aliphatic rings. The normalized spacial score (nSPS) is 24.8. The van der Waals surface area contributed by atoms with Crippen molar-refractivity contribution in [1.82, 2.24) is 14.7 Å². The Hall–Kier alpha value is -1.99. The van der Waals surface area contributed by atoms with Crippen molar-refractivity contribution in [3.63, 3.8) is 0 Å². The second kappa shape index (κ2) is 9.02. The summed E-state index contributed by atoms with van der Waals surface area (Å²) in [6, 6.07) is 6.77. The zero-order chi connectivity index (χ0) is 21.1. The number of halogens is 1. The summed E-state index contributed by atoms with van der Waals surface area (Å²) in [5.74, 6) is -0.0831. The summed E-state index contributed by atoms with van der Waals surface area (Å²) < 4.78 is 19.7. The number of likely N-dealkylation sites (tertiary alicyclic amines) is 1. The lowest BCUT2D eigenvalue weighted by molar-refractivity contribution is -0.151. The van der Waals surface area contributed by atoms with Gasteiger partial charge >= 0.3 is 0 Å². The molecule has 164 valence electrons. The SMILES string of the molecule is CC(=O)N1CCN([C@H]2CCOC3(CCN(C(=O)Cc4cccc(F)c4)CC3)C2)CC1. The van der Waals surface area contributed by atoms with Crippen molar-refractivity contribution in [1.29, 1.82) is 0 Å². The van der Waals surface area contributed by atoms with Gasteiger partial charge in [0.15, 0.2) is 0 Å². The van der Waals surface area contributed by atoms with Crippen molar-refractivity contribution >= 4 is 11.8 Å². The maximum absolute atomic E-state index is 13.4. The van der Waals surface area contributed by atoms with Gasteiger partial charge in [-0.2, -0.15) is 0 Å². The number of benzene rings is 1. The first-order chi connectivity index (χ1) is 14.4. The predicted molar refractivity (Wildman–Crippen MR) is 111 cm³/mol. The zero-order valence-electron chi connectivity index (χ0n) is 17.8. The lowest BCUT2D eigenvalue weighted by Gasteiger charge is -2.49. The first kappa shape index (κ1) is 21.2. The highest BCUT2D eigenvalue weighted by Gasteiger charge is 2.42. The number of amides is 2. The number of piperidine rings is 1. The Bertz CT molecular complexity index is 771. The number of carbonyl (C=O) groups is 2. The molecule has 2 amide bonds. The molecule has 0 N–H and O–H groups in total. The van der Waals surface area contributed by atoms with Crippen molar-refractivity contribution in [2.45, 2.75) is 50.7 Å². The van der Waals surface area contributed by atoms with Crippen molar-refractivity contribution in [3.8, 4) is 0 Å². The number of hydrogen-bond donors (Lipinski definition) is 0. The Balaban J connectivity index is 1.29. The van der Waals surface area contributed by atoms with Crippen LogP contribution in [0.1, 0.15) is 38.2 Å². The number of nitrogens with zero attached hydrogens (tertiary/aromatic N) is 3. The molecule has 0 unspecified atom stereocenters. The highest BCUT2D eigenvalue weighted by Crippen LogP contribution is 2.37. The molecule has 0 aromatic heterocycles. The van der Waals surface area contributed by atoms with Gasteiger partial charge in [-0.1, -0.05) is 12.1 Å². The van der Waals surface area contributed by atoms with E-state index in [9.17, 15) is 14.0 Å². The largest absolute Gasteiger partial charge is 0.375 e. The first-order valence-electron chi connectivity index (χ1n) is 11.1. The predicted octanol–water partition coefficient (Wildman–Crippen LogP) is 2.07. The summed E-state index contributed by atoms with van der Waals surface area (Å²) in [7, 11) is 0. The van der Waals surface area contributed by atoms with Crippen LogP contribution in [0.4, 0.5) is 4.39 Å². The molecule has 3 aliphatic heterocycles. The zero-order valence-corrected chi connectivity index (χ0v) is 17.8. The van der Waals surface area contributed by atoms with Crippen molar-refractivity contribution in [3.05, 3.63) is 35.6 Å². The molecule has 6 nitrogen and oxygen atoms in total. The van der Waals surface area contributed by atoms with E-state index in [1.807, 2.05) is 9.80 Å². The summed E-state index contributed by atoms with van der Waals surface area (Å²) in [6.45, 7) is 7.26. The molecule has 3 saturated heterocycles. The molecule has 1 atom stereocenters. The Labute approximate surface area is 177 Å². The van der Waals surface area contributed by atoms with Gasteiger partial charge in [-0.15, -0.1) is 0 Å². The molecule has 1 aromatic carbocycles. The quantitative estimate of drug-likeness (QED) is 0.756. The summed E-state index contributed by atoms with van der Waals surface area (Å²) in [5.41, 5.74) is 0.579. The minimum Gasteiger partial charge on any atom is -0.375 e. The molecule has 1 aromatic rings. The van der Waals surface area contributed by atoms with Crippen molar-refractivity contribution < 1.29 is 18.7 Å². The van der Waals surface area contributed by atoms with Crippen LogP contribution in [0.15, 0.2) is 24.3 Å². The highest BCUT2D eigenvalue weighted by molar-refractivity contribution is 5.78. The van der Waals surface area contributed by atoms with E-state index in [0.717, 1.165) is 64.0 Å². The van der Waals surface area contributed by atoms with Gasteiger partial charge in [0.2, 0.25) is 11.8 Å². The van der Waals surface area contributed by atoms with Crippen LogP contribution in [0, 0.1) is 5.82 Å². The molecule has 0 bridgehead atoms. The van der Waals surface area contributed by atoms with E-state index in [2.05, 4.69) is 4.90 Å². The lowest BCUT2D eigenvalue weighted by atomic mass is 9.81. The fraction of sp³-hybridized carbons (Fsp3) is 0.652. The van der Waals surface area contributed by atoms with E-state index in [-0.39, 0.29) is 29.7 Å². The summed E-state index contributed by atoms with van der Waals surface area (Å²) in [4.78, 5) is 30.6. The molecule has 0 saturated carbocycles. The molecule has 0 aliphatic carbocycles. The highest BCUT2D eigenvalue weighted by atomic mass is 19.1. The molecule has 3 heterocycles. The summed E-state index contributed by atoms with van der Waals surface area (Å²) >= 11 is 0. The smallest absolute Gasteiger partial charge is 0.226 e. The topological polar surface area (TPSA) is 53.1 Å². The Morgan fingerprint density at radius 1 is 1.10 bits per heavy atom. The maximum atomic E-state index is 13.4.